The van der Waals surface area contributed by atoms with Crippen LogP contribution in [0.15, 0.2) is 36.5 Å². The number of halogens is 1. The number of rotatable bonds is 10. The Balaban J connectivity index is 0.000000253. The molecule has 0 bridgehead atoms. The number of fused-ring (bicyclic) bond motifs is 3. The van der Waals surface area contributed by atoms with Crippen molar-refractivity contribution in [3.05, 3.63) is 36.5 Å². The van der Waals surface area contributed by atoms with Gasteiger partial charge < -0.3 is 72.2 Å². The highest BCUT2D eigenvalue weighted by molar-refractivity contribution is 6.17. The van der Waals surface area contributed by atoms with Gasteiger partial charge in [-0.1, -0.05) is 26.7 Å². The van der Waals surface area contributed by atoms with E-state index in [0.29, 0.717) is 32.0 Å². The minimum atomic E-state index is -0.710. The van der Waals surface area contributed by atoms with Crippen molar-refractivity contribution < 1.29 is 86.5 Å². The second-order valence-electron chi connectivity index (χ2n) is 12.9. The molecule has 6 saturated heterocycles. The van der Waals surface area contributed by atoms with E-state index in [0.717, 1.165) is 5.88 Å². The van der Waals surface area contributed by atoms with Crippen LogP contribution in [0, 0.1) is 0 Å². The number of methoxy groups -OCH3 is 2. The maximum Gasteiger partial charge on any atom is 0.340 e. The molecule has 0 aromatic rings. The number of hydrogen-bond acceptors (Lipinski definition) is 18. The number of ether oxygens (including phenoxy) is 12. The van der Waals surface area contributed by atoms with Gasteiger partial charge in [0.05, 0.1) is 39.6 Å². The number of aliphatic hydroxyl groups is 3. The van der Waals surface area contributed by atoms with Gasteiger partial charge in [0.2, 0.25) is 0 Å². The molecule has 19 heteroatoms. The Morgan fingerprint density at radius 2 is 0.855 bits per heavy atom. The van der Waals surface area contributed by atoms with Crippen molar-refractivity contribution in [2.24, 2.45) is 0 Å². The first-order valence-corrected chi connectivity index (χ1v) is 18.1. The zero-order chi connectivity index (χ0) is 41.2. The zero-order valence-electron chi connectivity index (χ0n) is 32.3. The second kappa shape index (κ2) is 25.1. The maximum absolute atomic E-state index is 11.5. The number of carbonyl (C=O) groups is 3. The van der Waals surface area contributed by atoms with E-state index in [9.17, 15) is 19.5 Å². The number of esters is 3. The lowest BCUT2D eigenvalue weighted by atomic mass is 10.1. The third-order valence-corrected chi connectivity index (χ3v) is 8.23. The Morgan fingerprint density at radius 1 is 0.564 bits per heavy atom. The van der Waals surface area contributed by atoms with E-state index in [1.165, 1.54) is 13.8 Å². The van der Waals surface area contributed by atoms with Crippen LogP contribution in [0.4, 0.5) is 0 Å². The second-order valence-corrected chi connectivity index (χ2v) is 13.5. The smallest absolute Gasteiger partial charge is 0.340 e. The van der Waals surface area contributed by atoms with Crippen LogP contribution in [0.1, 0.15) is 27.7 Å². The quantitative estimate of drug-likeness (QED) is 0.0890. The molecule has 0 amide bonds. The topological polar surface area (TPSA) is 223 Å². The summed E-state index contributed by atoms with van der Waals surface area (Å²) in [6, 6.07) is 0. The average Bonchev–Trinajstić information content (AvgIpc) is 4.00. The van der Waals surface area contributed by atoms with Gasteiger partial charge in [-0.05, 0) is 20.8 Å². The van der Waals surface area contributed by atoms with Crippen LogP contribution in [-0.2, 0) is 71.2 Å². The molecular weight excluding hydrogens is 756 g/mol. The first-order valence-electron chi connectivity index (χ1n) is 17.6. The van der Waals surface area contributed by atoms with Crippen molar-refractivity contribution >= 4 is 29.5 Å². The largest absolute Gasteiger partial charge is 0.454 e. The van der Waals surface area contributed by atoms with E-state index in [2.05, 4.69) is 24.5 Å². The molecule has 6 aliphatic rings. The number of aliphatic hydroxyl groups excluding tert-OH is 3. The normalized spacial score (nSPS) is 33.3. The summed E-state index contributed by atoms with van der Waals surface area (Å²) in [5, 5.41) is 27.7. The monoisotopic (exact) mass is 812 g/mol. The highest BCUT2D eigenvalue weighted by Crippen LogP contribution is 2.31. The zero-order valence-corrected chi connectivity index (χ0v) is 33.0. The Hall–Kier alpha value is -2.40. The van der Waals surface area contributed by atoms with Gasteiger partial charge in [0.15, 0.2) is 6.10 Å². The Labute approximate surface area is 326 Å². The molecule has 55 heavy (non-hydrogen) atoms. The van der Waals surface area contributed by atoms with Gasteiger partial charge in [-0.2, -0.15) is 0 Å². The SMILES string of the molecule is C=C(C)C(=O)OC(=O)C(=C)C.C=C(C)C(=O)O[C@H]1CO[C@H]2[C@@H]1OC[C@H]2OCOC.CCCl.COCO[C@@H]1CO[C@H]2[C@@H]1OC[C@@H]2O.O[C@@H]1CO[C@H]2[C@@H]1OC[C@@H]2O. The van der Waals surface area contributed by atoms with Crippen LogP contribution in [0.25, 0.3) is 0 Å². The van der Waals surface area contributed by atoms with E-state index < -0.39 is 42.3 Å². The van der Waals surface area contributed by atoms with Gasteiger partial charge in [-0.3, -0.25) is 0 Å². The van der Waals surface area contributed by atoms with E-state index >= 15 is 0 Å². The molecule has 18 nitrogen and oxygen atoms in total. The summed E-state index contributed by atoms with van der Waals surface area (Å²) in [4.78, 5) is 32.8. The highest BCUT2D eigenvalue weighted by Gasteiger charge is 2.50. The fourth-order valence-electron chi connectivity index (χ4n) is 5.53. The Morgan fingerprint density at radius 3 is 1.24 bits per heavy atom. The van der Waals surface area contributed by atoms with Crippen LogP contribution < -0.4 is 0 Å². The van der Waals surface area contributed by atoms with Gasteiger partial charge in [0.1, 0.15) is 80.7 Å². The molecule has 0 aliphatic carbocycles. The van der Waals surface area contributed by atoms with Crippen LogP contribution in [0.3, 0.4) is 0 Å². The van der Waals surface area contributed by atoms with Gasteiger partial charge >= 0.3 is 17.9 Å². The van der Waals surface area contributed by atoms with Gasteiger partial charge in [0.25, 0.3) is 0 Å². The number of hydrogen-bond donors (Lipinski definition) is 3. The van der Waals surface area contributed by atoms with Crippen molar-refractivity contribution in [2.75, 3.05) is 73.3 Å². The third kappa shape index (κ3) is 15.1. The molecule has 12 atom stereocenters. The predicted molar refractivity (Wildman–Crippen MR) is 192 cm³/mol. The summed E-state index contributed by atoms with van der Waals surface area (Å²) in [6.45, 7) is 19.1. The lowest BCUT2D eigenvalue weighted by molar-refractivity contribution is -0.154. The van der Waals surface area contributed by atoms with Crippen LogP contribution >= 0.6 is 11.6 Å². The molecule has 6 fully saturated rings. The molecule has 0 radical (unpaired) electrons. The van der Waals surface area contributed by atoms with E-state index in [1.807, 2.05) is 6.92 Å². The molecule has 3 N–H and O–H groups in total. The fourth-order valence-corrected chi connectivity index (χ4v) is 5.53. The van der Waals surface area contributed by atoms with Crippen LogP contribution in [-0.4, -0.2) is 180 Å². The molecule has 0 aromatic heterocycles. The number of carbonyl (C=O) groups excluding carboxylic acids is 3. The summed E-state index contributed by atoms with van der Waals surface area (Å²) < 4.78 is 61.9. The van der Waals surface area contributed by atoms with Crippen molar-refractivity contribution in [1.82, 2.24) is 0 Å². The third-order valence-electron chi connectivity index (χ3n) is 8.23. The van der Waals surface area contributed by atoms with E-state index in [-0.39, 0.29) is 86.8 Å². The minimum absolute atomic E-state index is 0.109. The van der Waals surface area contributed by atoms with Crippen molar-refractivity contribution in [3.8, 4) is 0 Å². The molecule has 0 spiro atoms. The maximum atomic E-state index is 11.5. The highest BCUT2D eigenvalue weighted by atomic mass is 35.5. The Kier molecular flexibility index (Phi) is 22.2. The summed E-state index contributed by atoms with van der Waals surface area (Å²) in [6.07, 6.45) is -3.72. The molecule has 0 saturated carbocycles. The lowest BCUT2D eigenvalue weighted by Gasteiger charge is -2.17. The first kappa shape index (κ1) is 48.7. The predicted octanol–water partition coefficient (Wildman–Crippen LogP) is 0.354. The molecule has 316 valence electrons. The molecule has 6 rings (SSSR count). The first-order chi connectivity index (χ1) is 26.1. The van der Waals surface area contributed by atoms with Crippen molar-refractivity contribution in [1.29, 1.82) is 0 Å². The van der Waals surface area contributed by atoms with Gasteiger partial charge in [0, 0.05) is 36.8 Å². The molecule has 0 aromatic carbocycles. The summed E-state index contributed by atoms with van der Waals surface area (Å²) >= 11 is 5.00. The molecular formula is C36H57ClO18. The molecule has 0 unspecified atom stereocenters. The standard InChI is InChI=1S/C12H18O6.C8H14O5.C8H10O3.C6H10O4.C2H5Cl/c1-7(2)12(13)18-9-5-16-10-8(17-6-14-3)4-15-11(9)10;1-10-4-13-6-3-12-7-5(9)2-11-8(6)7;1-5(2)7(9)11-8(10)6(3)4;7-3-1-9-6-4(8)2-10-5(3)6;1-2-3/h8-11H,1,4-6H2,2-3H3;5-9H,2-4H2,1H3;1,3H2,2,4H3;3-8H,1-2H2;2H2,1H3/t8-,9+,10-,11-;5-,6+,7+,8+;;3-,4+,5-,6-;/m10.1./s1. The Bertz CT molecular complexity index is 1210. The van der Waals surface area contributed by atoms with Crippen molar-refractivity contribution in [2.45, 2.75) is 101 Å². The van der Waals surface area contributed by atoms with E-state index in [1.54, 1.807) is 21.1 Å². The summed E-state index contributed by atoms with van der Waals surface area (Å²) in [5.74, 6) is -1.12. The summed E-state index contributed by atoms with van der Waals surface area (Å²) in [7, 11) is 3.12. The van der Waals surface area contributed by atoms with Crippen LogP contribution in [0.5, 0.6) is 0 Å². The minimum Gasteiger partial charge on any atom is -0.454 e. The van der Waals surface area contributed by atoms with Gasteiger partial charge in [-0.15, -0.1) is 11.6 Å². The molecule has 6 aliphatic heterocycles. The molecule has 6 heterocycles. The average molecular weight is 813 g/mol. The van der Waals surface area contributed by atoms with Crippen LogP contribution in [0.2, 0.25) is 0 Å². The van der Waals surface area contributed by atoms with Gasteiger partial charge in [-0.25, -0.2) is 14.4 Å². The number of alkyl halides is 1. The lowest BCUT2D eigenvalue weighted by Crippen LogP contribution is -2.35. The summed E-state index contributed by atoms with van der Waals surface area (Å²) in [5.41, 5.74) is 0.753. The van der Waals surface area contributed by atoms with E-state index in [4.69, 9.17) is 73.9 Å². The fraction of sp³-hybridized carbons (Fsp3) is 0.750. The van der Waals surface area contributed by atoms with Crippen molar-refractivity contribution in [3.63, 3.8) is 0 Å².